The van der Waals surface area contributed by atoms with Crippen molar-refractivity contribution in [3.63, 3.8) is 0 Å². The minimum atomic E-state index is 0.0528. The number of ether oxygens (including phenoxy) is 2. The van der Waals surface area contributed by atoms with Gasteiger partial charge in [-0.05, 0) is 26.7 Å². The molecule has 0 aliphatic carbocycles. The number of anilines is 1. The normalized spacial score (nSPS) is 27.0. The number of nitrogens with zero attached hydrogens (tertiary/aromatic N) is 2. The second kappa shape index (κ2) is 7.70. The standard InChI is InChI=1S/C16H25N3O3S/c1-11-7-19(8-12(2)22-11)9-14-10-23-16(17-14)18-15(20)13-3-5-21-6-4-13/h10-13H,3-9H2,1-2H3,(H,17,18,20)/t11-,12+. The van der Waals surface area contributed by atoms with Crippen molar-refractivity contribution in [3.05, 3.63) is 11.1 Å². The highest BCUT2D eigenvalue weighted by Gasteiger charge is 2.24. The van der Waals surface area contributed by atoms with Crippen LogP contribution in [0.15, 0.2) is 5.38 Å². The van der Waals surface area contributed by atoms with E-state index in [0.29, 0.717) is 18.3 Å². The molecule has 0 saturated carbocycles. The molecule has 7 heteroatoms. The SMILES string of the molecule is C[C@@H]1CN(Cc2csc(NC(=O)C3CCOCC3)n2)C[C@H](C)O1. The number of aromatic nitrogens is 1. The Labute approximate surface area is 141 Å². The molecule has 0 spiro atoms. The van der Waals surface area contributed by atoms with Crippen molar-refractivity contribution in [1.82, 2.24) is 9.88 Å². The van der Waals surface area contributed by atoms with E-state index in [2.05, 4.69) is 29.0 Å². The average Bonchev–Trinajstić information content (AvgIpc) is 2.94. The molecule has 2 fully saturated rings. The number of carbonyl (C=O) groups is 1. The first-order valence-electron chi connectivity index (χ1n) is 8.31. The molecular weight excluding hydrogens is 314 g/mol. The molecule has 6 nitrogen and oxygen atoms in total. The van der Waals surface area contributed by atoms with Crippen LogP contribution < -0.4 is 5.32 Å². The van der Waals surface area contributed by atoms with Crippen LogP contribution in [0.4, 0.5) is 5.13 Å². The van der Waals surface area contributed by atoms with Crippen molar-refractivity contribution < 1.29 is 14.3 Å². The third-order valence-electron chi connectivity index (χ3n) is 4.25. The largest absolute Gasteiger partial charge is 0.381 e. The van der Waals surface area contributed by atoms with Gasteiger partial charge in [-0.25, -0.2) is 4.98 Å². The van der Waals surface area contributed by atoms with Crippen LogP contribution in [-0.4, -0.2) is 54.3 Å². The van der Waals surface area contributed by atoms with Crippen molar-refractivity contribution in [1.29, 1.82) is 0 Å². The zero-order valence-electron chi connectivity index (χ0n) is 13.8. The Morgan fingerprint density at radius 1 is 1.35 bits per heavy atom. The van der Waals surface area contributed by atoms with Crippen LogP contribution in [0, 0.1) is 5.92 Å². The second-order valence-corrected chi connectivity index (χ2v) is 7.33. The van der Waals surface area contributed by atoms with Crippen molar-refractivity contribution in [2.75, 3.05) is 31.6 Å². The smallest absolute Gasteiger partial charge is 0.229 e. The quantitative estimate of drug-likeness (QED) is 0.910. The van der Waals surface area contributed by atoms with Gasteiger partial charge < -0.3 is 14.8 Å². The molecule has 1 aromatic rings. The van der Waals surface area contributed by atoms with Gasteiger partial charge >= 0.3 is 0 Å². The molecule has 3 rings (SSSR count). The fraction of sp³-hybridized carbons (Fsp3) is 0.750. The van der Waals surface area contributed by atoms with E-state index in [1.807, 2.05) is 5.38 Å². The van der Waals surface area contributed by atoms with Gasteiger partial charge in [-0.2, -0.15) is 0 Å². The molecule has 1 N–H and O–H groups in total. The lowest BCUT2D eigenvalue weighted by molar-refractivity contribution is -0.122. The first-order valence-corrected chi connectivity index (χ1v) is 9.19. The summed E-state index contributed by atoms with van der Waals surface area (Å²) in [7, 11) is 0. The van der Waals surface area contributed by atoms with Crippen molar-refractivity contribution >= 4 is 22.4 Å². The van der Waals surface area contributed by atoms with Crippen molar-refractivity contribution in [2.24, 2.45) is 5.92 Å². The lowest BCUT2D eigenvalue weighted by atomic mass is 10.00. The molecular formula is C16H25N3O3S. The molecule has 2 aliphatic rings. The molecule has 0 bridgehead atoms. The number of rotatable bonds is 4. The van der Waals surface area contributed by atoms with E-state index < -0.39 is 0 Å². The van der Waals surface area contributed by atoms with Gasteiger partial charge in [0.1, 0.15) is 0 Å². The van der Waals surface area contributed by atoms with Gasteiger partial charge in [0, 0.05) is 44.1 Å². The molecule has 128 valence electrons. The fourth-order valence-corrected chi connectivity index (χ4v) is 3.95. The Morgan fingerprint density at radius 3 is 2.74 bits per heavy atom. The zero-order chi connectivity index (χ0) is 16.2. The number of carbonyl (C=O) groups excluding carboxylic acids is 1. The minimum absolute atomic E-state index is 0.0528. The van der Waals surface area contributed by atoms with Gasteiger partial charge in [-0.3, -0.25) is 9.69 Å². The summed E-state index contributed by atoms with van der Waals surface area (Å²) in [5.41, 5.74) is 1.01. The number of hydrogen-bond donors (Lipinski definition) is 1. The molecule has 2 aliphatic heterocycles. The molecule has 0 aromatic carbocycles. The summed E-state index contributed by atoms with van der Waals surface area (Å²) in [6.45, 7) is 8.20. The summed E-state index contributed by atoms with van der Waals surface area (Å²) < 4.78 is 11.0. The van der Waals surface area contributed by atoms with E-state index in [1.54, 1.807) is 0 Å². The number of thiazole rings is 1. The molecule has 23 heavy (non-hydrogen) atoms. The van der Waals surface area contributed by atoms with Crippen LogP contribution in [0.3, 0.4) is 0 Å². The minimum Gasteiger partial charge on any atom is -0.381 e. The maximum absolute atomic E-state index is 12.2. The lowest BCUT2D eigenvalue weighted by Gasteiger charge is -2.34. The Hall–Kier alpha value is -1.02. The number of morpholine rings is 1. The second-order valence-electron chi connectivity index (χ2n) is 6.47. The monoisotopic (exact) mass is 339 g/mol. The van der Waals surface area contributed by atoms with Gasteiger partial charge in [0.15, 0.2) is 5.13 Å². The molecule has 0 unspecified atom stereocenters. The topological polar surface area (TPSA) is 63.7 Å². The number of amides is 1. The first-order chi connectivity index (χ1) is 11.1. The predicted molar refractivity (Wildman–Crippen MR) is 89.6 cm³/mol. The average molecular weight is 339 g/mol. The van der Waals surface area contributed by atoms with Gasteiger partial charge in [-0.1, -0.05) is 0 Å². The summed E-state index contributed by atoms with van der Waals surface area (Å²) in [4.78, 5) is 19.1. The van der Waals surface area contributed by atoms with Gasteiger partial charge in [-0.15, -0.1) is 11.3 Å². The summed E-state index contributed by atoms with van der Waals surface area (Å²) >= 11 is 1.50. The van der Waals surface area contributed by atoms with E-state index in [-0.39, 0.29) is 24.0 Å². The molecule has 2 atom stereocenters. The van der Waals surface area contributed by atoms with Crippen LogP contribution >= 0.6 is 11.3 Å². The third-order valence-corrected chi connectivity index (χ3v) is 5.06. The molecule has 1 amide bonds. The zero-order valence-corrected chi connectivity index (χ0v) is 14.6. The molecule has 2 saturated heterocycles. The van der Waals surface area contributed by atoms with Crippen LogP contribution in [-0.2, 0) is 20.8 Å². The maximum atomic E-state index is 12.2. The summed E-state index contributed by atoms with van der Waals surface area (Å²) in [6, 6.07) is 0. The highest BCUT2D eigenvalue weighted by atomic mass is 32.1. The van der Waals surface area contributed by atoms with E-state index >= 15 is 0 Å². The van der Waals surface area contributed by atoms with Crippen LogP contribution in [0.25, 0.3) is 0 Å². The van der Waals surface area contributed by atoms with E-state index in [1.165, 1.54) is 11.3 Å². The Morgan fingerprint density at radius 2 is 2.04 bits per heavy atom. The van der Waals surface area contributed by atoms with Crippen LogP contribution in [0.2, 0.25) is 0 Å². The van der Waals surface area contributed by atoms with Crippen LogP contribution in [0.5, 0.6) is 0 Å². The Kier molecular flexibility index (Phi) is 5.63. The molecule has 3 heterocycles. The Balaban J connectivity index is 1.52. The van der Waals surface area contributed by atoms with Gasteiger partial charge in [0.2, 0.25) is 5.91 Å². The fourth-order valence-electron chi connectivity index (χ4n) is 3.25. The third kappa shape index (κ3) is 4.73. The highest BCUT2D eigenvalue weighted by Crippen LogP contribution is 2.22. The van der Waals surface area contributed by atoms with E-state index in [4.69, 9.17) is 9.47 Å². The van der Waals surface area contributed by atoms with Crippen molar-refractivity contribution in [2.45, 2.75) is 45.4 Å². The predicted octanol–water partition coefficient (Wildman–Crippen LogP) is 2.12. The molecule has 1 aromatic heterocycles. The summed E-state index contributed by atoms with van der Waals surface area (Å²) in [5.74, 6) is 0.125. The van der Waals surface area contributed by atoms with E-state index in [0.717, 1.165) is 38.2 Å². The maximum Gasteiger partial charge on any atom is 0.229 e. The molecule has 0 radical (unpaired) electrons. The van der Waals surface area contributed by atoms with E-state index in [9.17, 15) is 4.79 Å². The van der Waals surface area contributed by atoms with Gasteiger partial charge in [0.25, 0.3) is 0 Å². The van der Waals surface area contributed by atoms with Crippen molar-refractivity contribution in [3.8, 4) is 0 Å². The number of hydrogen-bond acceptors (Lipinski definition) is 6. The van der Waals surface area contributed by atoms with Crippen LogP contribution in [0.1, 0.15) is 32.4 Å². The number of nitrogens with one attached hydrogen (secondary N) is 1. The highest BCUT2D eigenvalue weighted by molar-refractivity contribution is 7.13. The first kappa shape index (κ1) is 16.8. The Bertz CT molecular complexity index is 520. The van der Waals surface area contributed by atoms with Gasteiger partial charge in [0.05, 0.1) is 17.9 Å². The lowest BCUT2D eigenvalue weighted by Crippen LogP contribution is -2.44. The summed E-state index contributed by atoms with van der Waals surface area (Å²) in [5, 5.41) is 5.69. The summed E-state index contributed by atoms with van der Waals surface area (Å²) in [6.07, 6.45) is 2.11.